The Labute approximate surface area is 362 Å². The minimum absolute atomic E-state index is 0.143. The lowest BCUT2D eigenvalue weighted by Gasteiger charge is -2.40. The van der Waals surface area contributed by atoms with Crippen molar-refractivity contribution in [1.29, 1.82) is 0 Å². The van der Waals surface area contributed by atoms with E-state index in [4.69, 9.17) is 4.74 Å². The summed E-state index contributed by atoms with van der Waals surface area (Å²) >= 11 is 0. The third kappa shape index (κ3) is 4.75. The first-order valence-corrected chi connectivity index (χ1v) is 21.7. The molecular weight excluding hydrogens is 751 g/mol. The number of nitrogens with zero attached hydrogens (tertiary/aromatic N) is 1. The highest BCUT2D eigenvalue weighted by Gasteiger charge is 2.52. The van der Waals surface area contributed by atoms with Crippen LogP contribution in [0.5, 0.6) is 11.5 Å². The zero-order chi connectivity index (χ0) is 41.2. The van der Waals surface area contributed by atoms with Crippen molar-refractivity contribution in [3.8, 4) is 44.9 Å². The van der Waals surface area contributed by atoms with E-state index in [2.05, 4.69) is 231 Å². The lowest BCUT2D eigenvalue weighted by Crippen LogP contribution is -2.32. The summed E-state index contributed by atoms with van der Waals surface area (Å²) in [4.78, 5) is 2.47. The lowest BCUT2D eigenvalue weighted by molar-refractivity contribution is 0.447. The second-order valence-electron chi connectivity index (χ2n) is 17.6. The molecule has 10 aromatic carbocycles. The molecule has 0 N–H and O–H groups in total. The fourth-order valence-corrected chi connectivity index (χ4v) is 11.2. The van der Waals surface area contributed by atoms with Gasteiger partial charge in [-0.15, -0.1) is 0 Å². The summed E-state index contributed by atoms with van der Waals surface area (Å²) in [6, 6.07) is 78.5. The first-order chi connectivity index (χ1) is 30.5. The zero-order valence-corrected chi connectivity index (χ0v) is 34.6. The molecule has 0 atom stereocenters. The Kier molecular flexibility index (Phi) is 7.31. The maximum atomic E-state index is 7.26. The lowest BCUT2D eigenvalue weighted by atomic mass is 9.65. The van der Waals surface area contributed by atoms with Gasteiger partial charge in [-0.05, 0) is 103 Å². The van der Waals surface area contributed by atoms with Gasteiger partial charge in [0, 0.05) is 44.4 Å². The monoisotopic (exact) mass is 791 g/mol. The smallest absolute Gasteiger partial charge is 0.140 e. The highest BCUT2D eigenvalue weighted by Crippen LogP contribution is 2.64. The fraction of sp³-hybridized carbons (Fsp3) is 0.0667. The van der Waals surface area contributed by atoms with Crippen LogP contribution in [0.2, 0.25) is 0 Å². The van der Waals surface area contributed by atoms with Gasteiger partial charge >= 0.3 is 0 Å². The van der Waals surface area contributed by atoms with E-state index >= 15 is 0 Å². The predicted octanol–water partition coefficient (Wildman–Crippen LogP) is 15.9. The highest BCUT2D eigenvalue weighted by molar-refractivity contribution is 6.00. The van der Waals surface area contributed by atoms with E-state index in [0.717, 1.165) is 61.2 Å². The van der Waals surface area contributed by atoms with E-state index in [1.165, 1.54) is 55.6 Å². The van der Waals surface area contributed by atoms with E-state index in [1.54, 1.807) is 0 Å². The topological polar surface area (TPSA) is 12.5 Å². The summed E-state index contributed by atoms with van der Waals surface area (Å²) in [6.07, 6.45) is 0. The van der Waals surface area contributed by atoms with Crippen molar-refractivity contribution in [2.75, 3.05) is 4.90 Å². The predicted molar refractivity (Wildman–Crippen MR) is 257 cm³/mol. The van der Waals surface area contributed by atoms with E-state index in [0.29, 0.717) is 0 Å². The van der Waals surface area contributed by atoms with Crippen molar-refractivity contribution in [2.45, 2.75) is 24.7 Å². The molecule has 0 aromatic heterocycles. The number of anilines is 3. The Bertz CT molecular complexity index is 3380. The molecule has 0 radical (unpaired) electrons. The molecule has 10 aromatic rings. The second-order valence-corrected chi connectivity index (χ2v) is 17.6. The summed E-state index contributed by atoms with van der Waals surface area (Å²) in [5.41, 5.74) is 17.7. The molecule has 2 nitrogen and oxygen atoms in total. The number of ether oxygens (including phenoxy) is 1. The summed E-state index contributed by atoms with van der Waals surface area (Å²) in [7, 11) is 0. The van der Waals surface area contributed by atoms with Crippen LogP contribution >= 0.6 is 0 Å². The van der Waals surface area contributed by atoms with Gasteiger partial charge in [0.05, 0.1) is 5.41 Å². The van der Waals surface area contributed by atoms with Gasteiger partial charge < -0.3 is 9.64 Å². The van der Waals surface area contributed by atoms with Crippen LogP contribution in [0.3, 0.4) is 0 Å². The Hall–Kier alpha value is -7.68. The Morgan fingerprint density at radius 3 is 1.45 bits per heavy atom. The van der Waals surface area contributed by atoms with Crippen molar-refractivity contribution in [3.63, 3.8) is 0 Å². The average Bonchev–Trinajstić information content (AvgIpc) is 3.74. The summed E-state index contributed by atoms with van der Waals surface area (Å²) in [5, 5.41) is 4.56. The van der Waals surface area contributed by atoms with Crippen LogP contribution in [-0.2, 0) is 10.8 Å². The molecule has 3 aliphatic rings. The number of rotatable bonds is 4. The van der Waals surface area contributed by atoms with Crippen LogP contribution in [0, 0.1) is 0 Å². The van der Waals surface area contributed by atoms with Crippen LogP contribution in [0.1, 0.15) is 47.2 Å². The van der Waals surface area contributed by atoms with Crippen molar-refractivity contribution >= 4 is 38.6 Å². The minimum Gasteiger partial charge on any atom is -0.455 e. The molecule has 0 bridgehead atoms. The van der Waals surface area contributed by atoms with E-state index in [9.17, 15) is 0 Å². The zero-order valence-electron chi connectivity index (χ0n) is 34.6. The molecule has 13 rings (SSSR count). The molecule has 0 saturated heterocycles. The number of hydrogen-bond donors (Lipinski definition) is 0. The molecule has 0 saturated carbocycles. The molecule has 0 amide bonds. The molecule has 0 fully saturated rings. The quantitative estimate of drug-likeness (QED) is 0.176. The molecule has 2 aliphatic carbocycles. The molecule has 0 unspecified atom stereocenters. The van der Waals surface area contributed by atoms with E-state index < -0.39 is 5.41 Å². The van der Waals surface area contributed by atoms with Gasteiger partial charge in [-0.2, -0.15) is 0 Å². The molecule has 292 valence electrons. The average molecular weight is 792 g/mol. The fourth-order valence-electron chi connectivity index (χ4n) is 11.2. The maximum Gasteiger partial charge on any atom is 0.140 e. The van der Waals surface area contributed by atoms with Gasteiger partial charge in [-0.3, -0.25) is 0 Å². The van der Waals surface area contributed by atoms with Gasteiger partial charge in [-0.1, -0.05) is 190 Å². The standard InChI is InChI=1S/C60H41NO/c1-59(2)51-22-12-10-20-47(51)49-32-30-43(36-55(49)59)61(42-28-24-39(25-29-42)38-14-4-3-5-15-38)44-31-33-50-48-21-11-13-23-52(48)60(56(50)37-44)53-34-26-40-16-6-8-18-45(40)57(53)62-58-46-19-9-7-17-41(46)27-35-54(58)60/h3-37H,1-2H3. The van der Waals surface area contributed by atoms with Crippen LogP contribution in [-0.4, -0.2) is 0 Å². The molecular formula is C60H41NO. The van der Waals surface area contributed by atoms with Gasteiger partial charge in [0.25, 0.3) is 0 Å². The van der Waals surface area contributed by atoms with E-state index in [1.807, 2.05) is 0 Å². The van der Waals surface area contributed by atoms with Crippen LogP contribution in [0.4, 0.5) is 17.1 Å². The molecule has 1 heterocycles. The number of fused-ring (bicyclic) bond motifs is 16. The van der Waals surface area contributed by atoms with Crippen LogP contribution in [0.15, 0.2) is 212 Å². The molecule has 2 heteroatoms. The highest BCUT2D eigenvalue weighted by atomic mass is 16.5. The summed E-state index contributed by atoms with van der Waals surface area (Å²) in [6.45, 7) is 4.73. The molecule has 62 heavy (non-hydrogen) atoms. The van der Waals surface area contributed by atoms with Crippen molar-refractivity contribution in [3.05, 3.63) is 246 Å². The Morgan fingerprint density at radius 2 is 0.806 bits per heavy atom. The van der Waals surface area contributed by atoms with Crippen molar-refractivity contribution in [1.82, 2.24) is 0 Å². The first-order valence-electron chi connectivity index (χ1n) is 21.7. The third-order valence-corrected chi connectivity index (χ3v) is 14.1. The van der Waals surface area contributed by atoms with Crippen LogP contribution in [0.25, 0.3) is 54.9 Å². The van der Waals surface area contributed by atoms with Gasteiger partial charge in [0.15, 0.2) is 0 Å². The van der Waals surface area contributed by atoms with Crippen LogP contribution < -0.4 is 9.64 Å². The SMILES string of the molecule is CC1(C)c2ccccc2-c2ccc(N(c3ccc(-c4ccccc4)cc3)c3ccc4c(c3)C3(c5ccccc5-4)c4ccc5ccccc5c4Oc4c3ccc3ccccc43)cc21. The normalized spacial score (nSPS) is 14.4. The second kappa shape index (κ2) is 12.9. The summed E-state index contributed by atoms with van der Waals surface area (Å²) < 4.78 is 7.26. The third-order valence-electron chi connectivity index (χ3n) is 14.1. The Balaban J connectivity index is 1.09. The molecule has 1 aliphatic heterocycles. The molecule has 1 spiro atoms. The number of hydrogen-bond acceptors (Lipinski definition) is 2. The van der Waals surface area contributed by atoms with Crippen molar-refractivity contribution < 1.29 is 4.74 Å². The van der Waals surface area contributed by atoms with Crippen molar-refractivity contribution in [2.24, 2.45) is 0 Å². The Morgan fingerprint density at radius 1 is 0.339 bits per heavy atom. The number of benzene rings is 10. The van der Waals surface area contributed by atoms with Gasteiger partial charge in [-0.25, -0.2) is 0 Å². The largest absolute Gasteiger partial charge is 0.455 e. The van der Waals surface area contributed by atoms with Gasteiger partial charge in [0.2, 0.25) is 0 Å². The van der Waals surface area contributed by atoms with E-state index in [-0.39, 0.29) is 5.41 Å². The van der Waals surface area contributed by atoms with Gasteiger partial charge in [0.1, 0.15) is 11.5 Å². The summed E-state index contributed by atoms with van der Waals surface area (Å²) in [5.74, 6) is 1.85. The minimum atomic E-state index is -0.649. The first kappa shape index (κ1) is 35.1. The maximum absolute atomic E-state index is 7.26.